The summed E-state index contributed by atoms with van der Waals surface area (Å²) in [6, 6.07) is 4.44. The molecule has 1 atom stereocenters. The smallest absolute Gasteiger partial charge is 0.165 e. The van der Waals surface area contributed by atoms with Gasteiger partial charge in [-0.25, -0.2) is 4.39 Å². The minimum Gasteiger partial charge on any atom is -0.385 e. The monoisotopic (exact) mass is 288 g/mol. The molecule has 0 fully saturated rings. The Morgan fingerprint density at radius 1 is 1.56 bits per heavy atom. The summed E-state index contributed by atoms with van der Waals surface area (Å²) in [4.78, 5) is 11.5. The molecule has 1 aromatic carbocycles. The molecule has 4 heteroatoms. The van der Waals surface area contributed by atoms with Crippen molar-refractivity contribution in [2.45, 2.75) is 32.3 Å². The molecule has 16 heavy (non-hydrogen) atoms. The second-order valence-corrected chi connectivity index (χ2v) is 4.60. The second-order valence-electron chi connectivity index (χ2n) is 3.68. The lowest BCUT2D eigenvalue weighted by Gasteiger charge is -2.08. The van der Waals surface area contributed by atoms with Gasteiger partial charge in [0, 0.05) is 10.9 Å². The molecule has 0 aliphatic rings. The number of ketones is 1. The Morgan fingerprint density at radius 2 is 2.25 bits per heavy atom. The maximum Gasteiger partial charge on any atom is 0.165 e. The van der Waals surface area contributed by atoms with Crippen LogP contribution in [0.5, 0.6) is 0 Å². The summed E-state index contributed by atoms with van der Waals surface area (Å²) >= 11 is 3.21. The van der Waals surface area contributed by atoms with Crippen LogP contribution in [0.15, 0.2) is 22.7 Å². The number of benzene rings is 1. The molecule has 88 valence electrons. The predicted octanol–water partition coefficient (Wildman–Crippen LogP) is 2.86. The van der Waals surface area contributed by atoms with Crippen molar-refractivity contribution >= 4 is 21.7 Å². The molecule has 0 aliphatic carbocycles. The number of halogens is 2. The van der Waals surface area contributed by atoms with Gasteiger partial charge in [0.2, 0.25) is 0 Å². The molecule has 1 N–H and O–H groups in total. The molecule has 0 saturated carbocycles. The second kappa shape index (κ2) is 6.11. The largest absolute Gasteiger partial charge is 0.385 e. The number of carbonyl (C=O) groups is 1. The lowest BCUT2D eigenvalue weighted by atomic mass is 10.0. The van der Waals surface area contributed by atoms with Crippen LogP contribution in [0.4, 0.5) is 4.39 Å². The van der Waals surface area contributed by atoms with Gasteiger partial charge in [0.05, 0.1) is 0 Å². The van der Waals surface area contributed by atoms with E-state index in [1.165, 1.54) is 6.07 Å². The molecule has 0 heterocycles. The van der Waals surface area contributed by atoms with Crippen LogP contribution < -0.4 is 0 Å². The van der Waals surface area contributed by atoms with Gasteiger partial charge in [0.15, 0.2) is 5.78 Å². The van der Waals surface area contributed by atoms with Crippen molar-refractivity contribution in [1.29, 1.82) is 0 Å². The maximum atomic E-state index is 13.3. The molecule has 1 aromatic rings. The van der Waals surface area contributed by atoms with E-state index in [2.05, 4.69) is 15.9 Å². The Balaban J connectivity index is 2.72. The summed E-state index contributed by atoms with van der Waals surface area (Å²) in [6.45, 7) is 1.89. The first-order valence-corrected chi connectivity index (χ1v) is 5.98. The van der Waals surface area contributed by atoms with Gasteiger partial charge in [-0.1, -0.05) is 29.3 Å². The number of rotatable bonds is 5. The van der Waals surface area contributed by atoms with Gasteiger partial charge >= 0.3 is 0 Å². The first-order chi connectivity index (χ1) is 7.54. The summed E-state index contributed by atoms with van der Waals surface area (Å²) in [5, 5.41) is 9.46. The van der Waals surface area contributed by atoms with Gasteiger partial charge < -0.3 is 5.11 Å². The zero-order chi connectivity index (χ0) is 12.1. The van der Waals surface area contributed by atoms with Crippen molar-refractivity contribution < 1.29 is 14.3 Å². The summed E-state index contributed by atoms with van der Waals surface area (Å²) in [7, 11) is 0. The Labute approximate surface area is 103 Å². The Hall–Kier alpha value is -0.740. The van der Waals surface area contributed by atoms with Gasteiger partial charge in [-0.3, -0.25) is 4.79 Å². The average Bonchev–Trinajstić information content (AvgIpc) is 2.23. The zero-order valence-electron chi connectivity index (χ0n) is 9.04. The van der Waals surface area contributed by atoms with Crippen LogP contribution in [-0.4, -0.2) is 17.0 Å². The van der Waals surface area contributed by atoms with E-state index in [1.54, 1.807) is 12.1 Å². The first-order valence-electron chi connectivity index (χ1n) is 5.19. The highest BCUT2D eigenvalue weighted by Gasteiger charge is 2.16. The molecular weight excluding hydrogens is 275 g/mol. The third-order valence-electron chi connectivity index (χ3n) is 2.31. The predicted molar refractivity (Wildman–Crippen MR) is 63.7 cm³/mol. The van der Waals surface area contributed by atoms with Crippen molar-refractivity contribution in [2.75, 3.05) is 0 Å². The van der Waals surface area contributed by atoms with E-state index in [0.717, 1.165) is 10.9 Å². The molecule has 0 aliphatic heterocycles. The van der Waals surface area contributed by atoms with E-state index >= 15 is 0 Å². The van der Waals surface area contributed by atoms with Crippen LogP contribution >= 0.6 is 15.9 Å². The summed E-state index contributed by atoms with van der Waals surface area (Å²) in [5.41, 5.74) is 0.314. The van der Waals surface area contributed by atoms with Crippen LogP contribution in [0.2, 0.25) is 0 Å². The number of carbonyl (C=O) groups excluding carboxylic acids is 1. The molecule has 1 unspecified atom stereocenters. The fourth-order valence-corrected chi connectivity index (χ4v) is 1.83. The van der Waals surface area contributed by atoms with Crippen LogP contribution in [0.25, 0.3) is 0 Å². The van der Waals surface area contributed by atoms with Gasteiger partial charge in [0.1, 0.15) is 11.9 Å². The van der Waals surface area contributed by atoms with Gasteiger partial charge in [-0.15, -0.1) is 0 Å². The van der Waals surface area contributed by atoms with Crippen LogP contribution in [-0.2, 0) is 11.2 Å². The van der Waals surface area contributed by atoms with E-state index in [4.69, 9.17) is 0 Å². The van der Waals surface area contributed by atoms with E-state index in [-0.39, 0.29) is 12.2 Å². The summed E-state index contributed by atoms with van der Waals surface area (Å²) in [6.07, 6.45) is 0.109. The highest BCUT2D eigenvalue weighted by Crippen LogP contribution is 2.17. The van der Waals surface area contributed by atoms with Crippen LogP contribution in [0.1, 0.15) is 25.3 Å². The lowest BCUT2D eigenvalue weighted by molar-refractivity contribution is -0.126. The van der Waals surface area contributed by atoms with Crippen molar-refractivity contribution in [3.05, 3.63) is 34.1 Å². The summed E-state index contributed by atoms with van der Waals surface area (Å²) in [5.74, 6) is -0.751. The van der Waals surface area contributed by atoms with Crippen molar-refractivity contribution in [3.8, 4) is 0 Å². The first kappa shape index (κ1) is 13.3. The highest BCUT2D eigenvalue weighted by atomic mass is 79.9. The van der Waals surface area contributed by atoms with Crippen LogP contribution in [0, 0.1) is 5.82 Å². The van der Waals surface area contributed by atoms with Crippen molar-refractivity contribution in [2.24, 2.45) is 0 Å². The zero-order valence-corrected chi connectivity index (χ0v) is 10.6. The molecule has 0 radical (unpaired) electrons. The van der Waals surface area contributed by atoms with E-state index in [0.29, 0.717) is 12.0 Å². The number of Topliss-reactive ketones (excluding diaryl/α,β-unsaturated/α-hetero) is 1. The fourth-order valence-electron chi connectivity index (χ4n) is 1.42. The average molecular weight is 289 g/mol. The molecule has 0 saturated heterocycles. The quantitative estimate of drug-likeness (QED) is 0.905. The highest BCUT2D eigenvalue weighted by molar-refractivity contribution is 9.10. The molecule has 0 bridgehead atoms. The number of hydrogen-bond acceptors (Lipinski definition) is 2. The third kappa shape index (κ3) is 3.68. The SMILES string of the molecule is CCCC(O)C(=O)Cc1cc(Br)ccc1F. The normalized spacial score (nSPS) is 12.5. The minimum atomic E-state index is -0.983. The van der Waals surface area contributed by atoms with E-state index in [1.807, 2.05) is 6.92 Å². The number of aliphatic hydroxyl groups is 1. The lowest BCUT2D eigenvalue weighted by Crippen LogP contribution is -2.22. The molecule has 0 spiro atoms. The molecular formula is C12H14BrFO2. The molecule has 1 rings (SSSR count). The molecule has 0 aromatic heterocycles. The van der Waals surface area contributed by atoms with Gasteiger partial charge in [-0.2, -0.15) is 0 Å². The topological polar surface area (TPSA) is 37.3 Å². The Bertz CT molecular complexity index is 379. The Morgan fingerprint density at radius 3 is 2.88 bits per heavy atom. The Kier molecular flexibility index (Phi) is 5.09. The molecule has 0 amide bonds. The van der Waals surface area contributed by atoms with E-state index in [9.17, 15) is 14.3 Å². The van der Waals surface area contributed by atoms with Crippen molar-refractivity contribution in [1.82, 2.24) is 0 Å². The van der Waals surface area contributed by atoms with Crippen LogP contribution in [0.3, 0.4) is 0 Å². The minimum absolute atomic E-state index is 0.0631. The standard InChI is InChI=1S/C12H14BrFO2/c1-2-3-11(15)12(16)7-8-6-9(13)4-5-10(8)14/h4-6,11,15H,2-3,7H2,1H3. The summed E-state index contributed by atoms with van der Waals surface area (Å²) < 4.78 is 14.0. The third-order valence-corrected chi connectivity index (χ3v) is 2.80. The number of hydrogen-bond donors (Lipinski definition) is 1. The maximum absolute atomic E-state index is 13.3. The van der Waals surface area contributed by atoms with Gasteiger partial charge in [-0.05, 0) is 30.2 Å². The number of aliphatic hydroxyl groups excluding tert-OH is 1. The van der Waals surface area contributed by atoms with Crippen molar-refractivity contribution in [3.63, 3.8) is 0 Å². The molecule has 2 nitrogen and oxygen atoms in total. The fraction of sp³-hybridized carbons (Fsp3) is 0.417. The van der Waals surface area contributed by atoms with Gasteiger partial charge in [0.25, 0.3) is 0 Å². The van der Waals surface area contributed by atoms with E-state index < -0.39 is 11.9 Å².